The molecule has 0 unspecified atom stereocenters. The van der Waals surface area contributed by atoms with E-state index in [0.29, 0.717) is 11.1 Å². The standard InChI is InChI=1S/C24H22N6O3S/c1-14-7-18(8-17-11-28-29-23(14)17)34(32,33)22-9-21(30(3)15(22)2)24(31)26-10-16-5-4-6-20-19(16)12-25-13-27-20/h4-9,11-13H,10H2,1-3H3,(H,26,31)(H,28,29). The molecule has 34 heavy (non-hydrogen) atoms. The summed E-state index contributed by atoms with van der Waals surface area (Å²) in [6, 6.07) is 10.3. The number of benzene rings is 2. The third kappa shape index (κ3) is 3.52. The highest BCUT2D eigenvalue weighted by Crippen LogP contribution is 2.30. The van der Waals surface area contributed by atoms with Crippen molar-refractivity contribution in [3.8, 4) is 0 Å². The highest BCUT2D eigenvalue weighted by atomic mass is 32.2. The third-order valence-corrected chi connectivity index (χ3v) is 7.97. The van der Waals surface area contributed by atoms with Gasteiger partial charge in [0.1, 0.15) is 12.0 Å². The number of H-pyrrole nitrogens is 1. The highest BCUT2D eigenvalue weighted by molar-refractivity contribution is 7.91. The van der Waals surface area contributed by atoms with E-state index in [1.54, 1.807) is 43.1 Å². The van der Waals surface area contributed by atoms with E-state index in [0.717, 1.165) is 27.5 Å². The van der Waals surface area contributed by atoms with Gasteiger partial charge in [-0.25, -0.2) is 18.4 Å². The van der Waals surface area contributed by atoms with Gasteiger partial charge < -0.3 is 9.88 Å². The van der Waals surface area contributed by atoms with E-state index >= 15 is 0 Å². The van der Waals surface area contributed by atoms with Gasteiger partial charge in [-0.05, 0) is 49.2 Å². The maximum absolute atomic E-state index is 13.5. The second-order valence-electron chi connectivity index (χ2n) is 8.17. The Morgan fingerprint density at radius 3 is 2.79 bits per heavy atom. The number of fused-ring (bicyclic) bond motifs is 2. The Bertz CT molecular complexity index is 1680. The molecule has 0 aliphatic heterocycles. The molecule has 0 aliphatic rings. The van der Waals surface area contributed by atoms with Crippen molar-refractivity contribution in [1.29, 1.82) is 0 Å². The molecule has 2 aromatic carbocycles. The highest BCUT2D eigenvalue weighted by Gasteiger charge is 2.27. The topological polar surface area (TPSA) is 123 Å². The van der Waals surface area contributed by atoms with Crippen molar-refractivity contribution in [1.82, 2.24) is 30.0 Å². The molecule has 0 bridgehead atoms. The summed E-state index contributed by atoms with van der Waals surface area (Å²) in [5.41, 5.74) is 3.97. The van der Waals surface area contributed by atoms with Crippen LogP contribution in [0.15, 0.2) is 64.9 Å². The van der Waals surface area contributed by atoms with Gasteiger partial charge in [0.25, 0.3) is 5.91 Å². The smallest absolute Gasteiger partial charge is 0.268 e. The molecule has 1 amide bonds. The van der Waals surface area contributed by atoms with Crippen LogP contribution in [0.5, 0.6) is 0 Å². The molecule has 5 aromatic rings. The van der Waals surface area contributed by atoms with Crippen LogP contribution in [-0.4, -0.2) is 39.1 Å². The first kappa shape index (κ1) is 21.8. The average molecular weight is 475 g/mol. The van der Waals surface area contributed by atoms with Crippen LogP contribution in [0.4, 0.5) is 0 Å². The molecule has 0 saturated carbocycles. The van der Waals surface area contributed by atoms with Gasteiger partial charge in [0.15, 0.2) is 0 Å². The van der Waals surface area contributed by atoms with Crippen LogP contribution in [0.2, 0.25) is 0 Å². The Labute approximate surface area is 195 Å². The molecular weight excluding hydrogens is 452 g/mol. The van der Waals surface area contributed by atoms with E-state index in [4.69, 9.17) is 0 Å². The van der Waals surface area contributed by atoms with Gasteiger partial charge in [0.2, 0.25) is 9.84 Å². The second kappa shape index (κ2) is 8.07. The lowest BCUT2D eigenvalue weighted by Crippen LogP contribution is -2.25. The van der Waals surface area contributed by atoms with Crippen LogP contribution >= 0.6 is 0 Å². The third-order valence-electron chi connectivity index (χ3n) is 6.12. The van der Waals surface area contributed by atoms with Gasteiger partial charge in [-0.2, -0.15) is 5.10 Å². The number of carbonyl (C=O) groups is 1. The molecule has 0 fully saturated rings. The number of nitrogens with one attached hydrogen (secondary N) is 2. The molecule has 0 atom stereocenters. The van der Waals surface area contributed by atoms with Gasteiger partial charge in [-0.3, -0.25) is 9.89 Å². The Balaban J connectivity index is 1.46. The zero-order valence-corrected chi connectivity index (χ0v) is 19.6. The van der Waals surface area contributed by atoms with Crippen LogP contribution in [0.25, 0.3) is 21.8 Å². The van der Waals surface area contributed by atoms with Gasteiger partial charge in [-0.15, -0.1) is 0 Å². The van der Waals surface area contributed by atoms with E-state index in [9.17, 15) is 13.2 Å². The summed E-state index contributed by atoms with van der Waals surface area (Å²) in [6.45, 7) is 3.77. The first-order valence-electron chi connectivity index (χ1n) is 10.6. The minimum Gasteiger partial charge on any atom is -0.347 e. The van der Waals surface area contributed by atoms with E-state index in [1.807, 2.05) is 25.1 Å². The van der Waals surface area contributed by atoms with Crippen LogP contribution in [0.3, 0.4) is 0 Å². The van der Waals surface area contributed by atoms with E-state index in [2.05, 4.69) is 25.5 Å². The SMILES string of the molecule is Cc1cc(S(=O)(=O)c2cc(C(=O)NCc3cccc4ncncc34)n(C)c2C)cc2cn[nH]c12. The zero-order chi connectivity index (χ0) is 24.0. The monoisotopic (exact) mass is 474 g/mol. The fourth-order valence-corrected chi connectivity index (χ4v) is 5.79. The van der Waals surface area contributed by atoms with Crippen LogP contribution < -0.4 is 5.32 Å². The fourth-order valence-electron chi connectivity index (χ4n) is 4.13. The molecule has 0 aliphatic carbocycles. The van der Waals surface area contributed by atoms with Gasteiger partial charge in [0.05, 0.1) is 27.0 Å². The molecule has 172 valence electrons. The Kier molecular flexibility index (Phi) is 5.17. The lowest BCUT2D eigenvalue weighted by Gasteiger charge is -2.09. The van der Waals surface area contributed by atoms with Crippen LogP contribution in [-0.2, 0) is 23.4 Å². The lowest BCUT2D eigenvalue weighted by atomic mass is 10.1. The Morgan fingerprint density at radius 1 is 1.15 bits per heavy atom. The molecule has 9 nitrogen and oxygen atoms in total. The fraction of sp³-hybridized carbons (Fsp3) is 0.167. The van der Waals surface area contributed by atoms with Crippen LogP contribution in [0.1, 0.15) is 27.3 Å². The summed E-state index contributed by atoms with van der Waals surface area (Å²) in [5, 5.41) is 11.3. The first-order chi connectivity index (χ1) is 16.3. The van der Waals surface area contributed by atoms with E-state index in [1.165, 1.54) is 12.4 Å². The minimum absolute atomic E-state index is 0.0981. The van der Waals surface area contributed by atoms with Crippen molar-refractivity contribution in [3.63, 3.8) is 0 Å². The molecule has 0 spiro atoms. The molecule has 10 heteroatoms. The van der Waals surface area contributed by atoms with E-state index in [-0.39, 0.29) is 27.9 Å². The number of aromatic nitrogens is 5. The number of sulfone groups is 1. The average Bonchev–Trinajstić information content (AvgIpc) is 3.43. The molecule has 3 aromatic heterocycles. The van der Waals surface area contributed by atoms with Gasteiger partial charge in [-0.1, -0.05) is 12.1 Å². The normalized spacial score (nSPS) is 11.9. The van der Waals surface area contributed by atoms with Gasteiger partial charge >= 0.3 is 0 Å². The van der Waals surface area contributed by atoms with E-state index < -0.39 is 9.84 Å². The van der Waals surface area contributed by atoms with Crippen molar-refractivity contribution >= 4 is 37.6 Å². The number of hydrogen-bond donors (Lipinski definition) is 2. The zero-order valence-electron chi connectivity index (χ0n) is 18.8. The number of amides is 1. The number of hydrogen-bond acceptors (Lipinski definition) is 6. The number of rotatable bonds is 5. The quantitative estimate of drug-likeness (QED) is 0.403. The Morgan fingerprint density at radius 2 is 1.97 bits per heavy atom. The summed E-state index contributed by atoms with van der Waals surface area (Å²) in [6.07, 6.45) is 4.78. The first-order valence-corrected chi connectivity index (χ1v) is 12.1. The molecule has 0 saturated heterocycles. The second-order valence-corrected chi connectivity index (χ2v) is 10.1. The summed E-state index contributed by atoms with van der Waals surface area (Å²) in [7, 11) is -2.17. The van der Waals surface area contributed by atoms with Crippen molar-refractivity contribution in [3.05, 3.63) is 77.6 Å². The minimum atomic E-state index is -3.85. The molecule has 3 heterocycles. The number of aryl methyl sites for hydroxylation is 1. The van der Waals surface area contributed by atoms with Crippen molar-refractivity contribution in [2.45, 2.75) is 30.2 Å². The predicted molar refractivity (Wildman–Crippen MR) is 127 cm³/mol. The van der Waals surface area contributed by atoms with Crippen molar-refractivity contribution < 1.29 is 13.2 Å². The molecule has 5 rings (SSSR count). The maximum Gasteiger partial charge on any atom is 0.268 e. The number of aromatic amines is 1. The number of carbonyl (C=O) groups excluding carboxylic acids is 1. The number of nitrogens with zero attached hydrogens (tertiary/aromatic N) is 4. The van der Waals surface area contributed by atoms with Crippen molar-refractivity contribution in [2.24, 2.45) is 7.05 Å². The van der Waals surface area contributed by atoms with Gasteiger partial charge in [0, 0.05) is 36.3 Å². The van der Waals surface area contributed by atoms with Crippen molar-refractivity contribution in [2.75, 3.05) is 0 Å². The summed E-state index contributed by atoms with van der Waals surface area (Å²) >= 11 is 0. The Hall–Kier alpha value is -4.05. The maximum atomic E-state index is 13.5. The summed E-state index contributed by atoms with van der Waals surface area (Å²) < 4.78 is 28.6. The van der Waals surface area contributed by atoms with Crippen LogP contribution in [0, 0.1) is 13.8 Å². The molecular formula is C24H22N6O3S. The lowest BCUT2D eigenvalue weighted by molar-refractivity contribution is 0.0942. The largest absolute Gasteiger partial charge is 0.347 e. The molecule has 0 radical (unpaired) electrons. The molecule has 2 N–H and O–H groups in total. The predicted octanol–water partition coefficient (Wildman–Crippen LogP) is 3.22. The summed E-state index contributed by atoms with van der Waals surface area (Å²) in [4.78, 5) is 21.6. The summed E-state index contributed by atoms with van der Waals surface area (Å²) in [5.74, 6) is -0.373.